The van der Waals surface area contributed by atoms with Gasteiger partial charge in [0.05, 0.1) is 12.2 Å². The summed E-state index contributed by atoms with van der Waals surface area (Å²) in [5, 5.41) is 10.3. The maximum Gasteiger partial charge on any atom is 0.332 e. The van der Waals surface area contributed by atoms with E-state index in [1.807, 2.05) is 44.2 Å². The van der Waals surface area contributed by atoms with Crippen LogP contribution in [0.5, 0.6) is 5.75 Å². The molecule has 0 radical (unpaired) electrons. The molecule has 3 heterocycles. The standard InChI is InChI=1S/C23H21N5O3/c1-14-8-4-5-9-16(14)13-27-21(30)19-20(25(3)23(27)31)24-22-26(19)12-15(2)28(22)17-10-6-7-11-18(17)29/h4-12,29H,13H2,1-3H3. The van der Waals surface area contributed by atoms with E-state index in [-0.39, 0.29) is 12.3 Å². The van der Waals surface area contributed by atoms with Crippen molar-refractivity contribution in [1.82, 2.24) is 23.1 Å². The Balaban J connectivity index is 1.83. The van der Waals surface area contributed by atoms with Gasteiger partial charge in [0.25, 0.3) is 5.56 Å². The highest BCUT2D eigenvalue weighted by atomic mass is 16.3. The molecule has 5 rings (SSSR count). The van der Waals surface area contributed by atoms with Gasteiger partial charge in [0, 0.05) is 18.9 Å². The van der Waals surface area contributed by atoms with Crippen molar-refractivity contribution in [3.8, 4) is 11.4 Å². The van der Waals surface area contributed by atoms with Crippen LogP contribution in [0.4, 0.5) is 0 Å². The lowest BCUT2D eigenvalue weighted by molar-refractivity contribution is 0.472. The van der Waals surface area contributed by atoms with Gasteiger partial charge < -0.3 is 5.11 Å². The van der Waals surface area contributed by atoms with Crippen LogP contribution >= 0.6 is 0 Å². The summed E-state index contributed by atoms with van der Waals surface area (Å²) in [5.41, 5.74) is 3.07. The number of fused-ring (bicyclic) bond motifs is 3. The zero-order chi connectivity index (χ0) is 21.9. The van der Waals surface area contributed by atoms with Crippen LogP contribution < -0.4 is 11.2 Å². The van der Waals surface area contributed by atoms with Gasteiger partial charge in [0.15, 0.2) is 11.2 Å². The van der Waals surface area contributed by atoms with Crippen molar-refractivity contribution in [1.29, 1.82) is 0 Å². The van der Waals surface area contributed by atoms with Crippen LogP contribution in [0.15, 0.2) is 64.3 Å². The molecule has 2 aromatic carbocycles. The van der Waals surface area contributed by atoms with E-state index in [0.717, 1.165) is 16.8 Å². The number of aromatic hydroxyl groups is 1. The molecule has 0 saturated carbocycles. The Bertz CT molecular complexity index is 1600. The van der Waals surface area contributed by atoms with E-state index in [9.17, 15) is 14.7 Å². The van der Waals surface area contributed by atoms with Gasteiger partial charge in [0.2, 0.25) is 5.78 Å². The van der Waals surface area contributed by atoms with Crippen molar-refractivity contribution in [2.24, 2.45) is 7.05 Å². The van der Waals surface area contributed by atoms with E-state index in [4.69, 9.17) is 0 Å². The summed E-state index contributed by atoms with van der Waals surface area (Å²) in [6.07, 6.45) is 1.79. The minimum Gasteiger partial charge on any atom is -0.506 e. The molecule has 0 aliphatic heterocycles. The van der Waals surface area contributed by atoms with Gasteiger partial charge in [-0.3, -0.25) is 22.9 Å². The van der Waals surface area contributed by atoms with Crippen molar-refractivity contribution in [3.63, 3.8) is 0 Å². The number of rotatable bonds is 3. The van der Waals surface area contributed by atoms with E-state index in [1.54, 1.807) is 40.4 Å². The maximum absolute atomic E-state index is 13.4. The molecule has 0 saturated heterocycles. The number of aryl methyl sites for hydroxylation is 3. The Morgan fingerprint density at radius 2 is 1.71 bits per heavy atom. The minimum absolute atomic E-state index is 0.0987. The third kappa shape index (κ3) is 2.72. The molecule has 0 spiro atoms. The number of phenols is 1. The molecular formula is C23H21N5O3. The van der Waals surface area contributed by atoms with Gasteiger partial charge in [-0.15, -0.1) is 0 Å². The molecule has 1 N–H and O–H groups in total. The maximum atomic E-state index is 13.4. The van der Waals surface area contributed by atoms with Crippen molar-refractivity contribution >= 4 is 16.9 Å². The van der Waals surface area contributed by atoms with Crippen LogP contribution in [0.2, 0.25) is 0 Å². The fourth-order valence-electron chi connectivity index (χ4n) is 4.06. The highest BCUT2D eigenvalue weighted by Crippen LogP contribution is 2.26. The van der Waals surface area contributed by atoms with E-state index in [0.29, 0.717) is 22.6 Å². The molecule has 31 heavy (non-hydrogen) atoms. The predicted molar refractivity (Wildman–Crippen MR) is 118 cm³/mol. The summed E-state index contributed by atoms with van der Waals surface area (Å²) >= 11 is 0. The Morgan fingerprint density at radius 1 is 1.00 bits per heavy atom. The molecular weight excluding hydrogens is 394 g/mol. The molecule has 0 bridgehead atoms. The fraction of sp³-hybridized carbons (Fsp3) is 0.174. The molecule has 0 fully saturated rings. The van der Waals surface area contributed by atoms with Crippen molar-refractivity contribution < 1.29 is 5.11 Å². The van der Waals surface area contributed by atoms with Crippen LogP contribution in [0, 0.1) is 13.8 Å². The number of para-hydroxylation sites is 2. The second kappa shape index (κ2) is 6.73. The van der Waals surface area contributed by atoms with Gasteiger partial charge in [-0.05, 0) is 37.1 Å². The first-order valence-corrected chi connectivity index (χ1v) is 9.91. The molecule has 5 aromatic rings. The first kappa shape index (κ1) is 18.9. The van der Waals surface area contributed by atoms with E-state index in [1.165, 1.54) is 9.13 Å². The van der Waals surface area contributed by atoms with Gasteiger partial charge >= 0.3 is 5.69 Å². The smallest absolute Gasteiger partial charge is 0.332 e. The fourth-order valence-corrected chi connectivity index (χ4v) is 4.06. The van der Waals surface area contributed by atoms with Crippen LogP contribution in [0.1, 0.15) is 16.8 Å². The van der Waals surface area contributed by atoms with Gasteiger partial charge in [0.1, 0.15) is 5.75 Å². The van der Waals surface area contributed by atoms with Crippen LogP contribution in [0.25, 0.3) is 22.6 Å². The lowest BCUT2D eigenvalue weighted by Gasteiger charge is -2.10. The van der Waals surface area contributed by atoms with Crippen molar-refractivity contribution in [3.05, 3.63) is 92.4 Å². The number of imidazole rings is 2. The quantitative estimate of drug-likeness (QED) is 0.491. The first-order chi connectivity index (χ1) is 14.9. The Kier molecular flexibility index (Phi) is 4.11. The zero-order valence-electron chi connectivity index (χ0n) is 17.4. The Labute approximate surface area is 176 Å². The lowest BCUT2D eigenvalue weighted by Crippen LogP contribution is -2.39. The number of phenolic OH excluding ortho intramolecular Hbond substituents is 1. The lowest BCUT2D eigenvalue weighted by atomic mass is 10.1. The zero-order valence-corrected chi connectivity index (χ0v) is 17.4. The normalized spacial score (nSPS) is 11.6. The Morgan fingerprint density at radius 3 is 2.45 bits per heavy atom. The summed E-state index contributed by atoms with van der Waals surface area (Å²) in [5.74, 6) is 0.552. The third-order valence-corrected chi connectivity index (χ3v) is 5.74. The molecule has 8 heteroatoms. The molecule has 8 nitrogen and oxygen atoms in total. The molecule has 3 aromatic heterocycles. The molecule has 156 valence electrons. The van der Waals surface area contributed by atoms with E-state index >= 15 is 0 Å². The summed E-state index contributed by atoms with van der Waals surface area (Å²) in [4.78, 5) is 31.1. The molecule has 0 amide bonds. The number of aromatic nitrogens is 5. The highest BCUT2D eigenvalue weighted by molar-refractivity contribution is 5.76. The third-order valence-electron chi connectivity index (χ3n) is 5.74. The number of nitrogens with zero attached hydrogens (tertiary/aromatic N) is 5. The average Bonchev–Trinajstić information content (AvgIpc) is 3.26. The van der Waals surface area contributed by atoms with Crippen molar-refractivity contribution in [2.75, 3.05) is 0 Å². The second-order valence-electron chi connectivity index (χ2n) is 7.71. The SMILES string of the molecule is Cc1ccccc1Cn1c(=O)c2c(nc3n(-c4ccccc4O)c(C)cn23)n(C)c1=O. The summed E-state index contributed by atoms with van der Waals surface area (Å²) in [6.45, 7) is 4.01. The monoisotopic (exact) mass is 415 g/mol. The number of benzene rings is 2. The van der Waals surface area contributed by atoms with Gasteiger partial charge in [-0.2, -0.15) is 4.98 Å². The number of hydrogen-bond acceptors (Lipinski definition) is 4. The molecule has 0 atom stereocenters. The summed E-state index contributed by atoms with van der Waals surface area (Å²) in [6, 6.07) is 14.6. The largest absolute Gasteiger partial charge is 0.506 e. The van der Waals surface area contributed by atoms with Crippen LogP contribution in [-0.2, 0) is 13.6 Å². The van der Waals surface area contributed by atoms with Gasteiger partial charge in [-0.1, -0.05) is 36.4 Å². The topological polar surface area (TPSA) is 86.5 Å². The van der Waals surface area contributed by atoms with Crippen LogP contribution in [-0.4, -0.2) is 28.2 Å². The summed E-state index contributed by atoms with van der Waals surface area (Å²) in [7, 11) is 1.61. The molecule has 0 aliphatic carbocycles. The van der Waals surface area contributed by atoms with Gasteiger partial charge in [-0.25, -0.2) is 4.79 Å². The summed E-state index contributed by atoms with van der Waals surface area (Å²) < 4.78 is 6.09. The molecule has 0 aliphatic rings. The van der Waals surface area contributed by atoms with E-state index < -0.39 is 11.2 Å². The highest BCUT2D eigenvalue weighted by Gasteiger charge is 2.21. The van der Waals surface area contributed by atoms with Crippen LogP contribution in [0.3, 0.4) is 0 Å². The predicted octanol–water partition coefficient (Wildman–Crippen LogP) is 2.51. The second-order valence-corrected chi connectivity index (χ2v) is 7.71. The number of hydrogen-bond donors (Lipinski definition) is 1. The van der Waals surface area contributed by atoms with Crippen molar-refractivity contribution in [2.45, 2.75) is 20.4 Å². The average molecular weight is 415 g/mol. The Hall–Kier alpha value is -4.07. The minimum atomic E-state index is -0.424. The first-order valence-electron chi connectivity index (χ1n) is 9.91. The van der Waals surface area contributed by atoms with E-state index in [2.05, 4.69) is 4.98 Å². The molecule has 0 unspecified atom stereocenters.